The molecule has 1 aromatic heterocycles. The standard InChI is InChI=1S/C18H18N2O2/c1-3-19-18(21)14-5-4-13-10-11-20(17(13)12-14)15-6-8-16(22-2)9-7-15/h4-12H,3H2,1-2H3,(H,19,21). The van der Waals surface area contributed by atoms with Gasteiger partial charge < -0.3 is 14.6 Å². The molecule has 0 aliphatic heterocycles. The molecule has 0 radical (unpaired) electrons. The highest BCUT2D eigenvalue weighted by Crippen LogP contribution is 2.23. The lowest BCUT2D eigenvalue weighted by Crippen LogP contribution is -2.22. The Morgan fingerprint density at radius 1 is 1.14 bits per heavy atom. The summed E-state index contributed by atoms with van der Waals surface area (Å²) in [6.07, 6.45) is 2.01. The molecule has 0 spiro atoms. The van der Waals surface area contributed by atoms with Crippen molar-refractivity contribution in [2.24, 2.45) is 0 Å². The Kier molecular flexibility index (Phi) is 3.83. The molecule has 0 saturated heterocycles. The predicted octanol–water partition coefficient (Wildman–Crippen LogP) is 3.39. The fraction of sp³-hybridized carbons (Fsp3) is 0.167. The average Bonchev–Trinajstić information content (AvgIpc) is 2.98. The van der Waals surface area contributed by atoms with Crippen LogP contribution in [0.2, 0.25) is 0 Å². The first-order valence-electron chi connectivity index (χ1n) is 7.26. The number of hydrogen-bond donors (Lipinski definition) is 1. The number of fused-ring (bicyclic) bond motifs is 1. The van der Waals surface area contributed by atoms with Gasteiger partial charge in [-0.25, -0.2) is 0 Å². The van der Waals surface area contributed by atoms with E-state index in [1.54, 1.807) is 7.11 Å². The highest BCUT2D eigenvalue weighted by Gasteiger charge is 2.08. The van der Waals surface area contributed by atoms with Crippen molar-refractivity contribution in [1.82, 2.24) is 9.88 Å². The minimum absolute atomic E-state index is 0.0492. The fourth-order valence-electron chi connectivity index (χ4n) is 2.50. The number of nitrogens with one attached hydrogen (secondary N) is 1. The number of rotatable bonds is 4. The van der Waals surface area contributed by atoms with Crippen LogP contribution in [0.1, 0.15) is 17.3 Å². The second kappa shape index (κ2) is 5.93. The van der Waals surface area contributed by atoms with Crippen LogP contribution in [-0.2, 0) is 0 Å². The van der Waals surface area contributed by atoms with E-state index in [2.05, 4.69) is 9.88 Å². The summed E-state index contributed by atoms with van der Waals surface area (Å²) in [5, 5.41) is 3.93. The molecule has 3 rings (SSSR count). The Morgan fingerprint density at radius 3 is 2.59 bits per heavy atom. The molecule has 22 heavy (non-hydrogen) atoms. The smallest absolute Gasteiger partial charge is 0.251 e. The van der Waals surface area contributed by atoms with Crippen molar-refractivity contribution in [2.45, 2.75) is 6.92 Å². The number of carbonyl (C=O) groups is 1. The molecule has 0 saturated carbocycles. The fourth-order valence-corrected chi connectivity index (χ4v) is 2.50. The normalized spacial score (nSPS) is 10.6. The van der Waals surface area contributed by atoms with E-state index in [9.17, 15) is 4.79 Å². The van der Waals surface area contributed by atoms with Crippen molar-refractivity contribution in [3.05, 3.63) is 60.3 Å². The summed E-state index contributed by atoms with van der Waals surface area (Å²) in [7, 11) is 1.65. The van der Waals surface area contributed by atoms with Gasteiger partial charge in [0, 0.05) is 24.0 Å². The molecular formula is C18H18N2O2. The number of amides is 1. The first-order chi connectivity index (χ1) is 10.7. The minimum Gasteiger partial charge on any atom is -0.497 e. The molecule has 4 nitrogen and oxygen atoms in total. The number of nitrogens with zero attached hydrogens (tertiary/aromatic N) is 1. The number of methoxy groups -OCH3 is 1. The van der Waals surface area contributed by atoms with Gasteiger partial charge in [-0.2, -0.15) is 0 Å². The van der Waals surface area contributed by atoms with E-state index in [-0.39, 0.29) is 5.91 Å². The van der Waals surface area contributed by atoms with Gasteiger partial charge in [-0.1, -0.05) is 6.07 Å². The van der Waals surface area contributed by atoms with E-state index < -0.39 is 0 Å². The maximum atomic E-state index is 12.0. The van der Waals surface area contributed by atoms with Crippen LogP contribution in [0, 0.1) is 0 Å². The molecule has 3 aromatic rings. The highest BCUT2D eigenvalue weighted by molar-refractivity contribution is 5.98. The Hall–Kier alpha value is -2.75. The summed E-state index contributed by atoms with van der Waals surface area (Å²) in [5.74, 6) is 0.773. The molecule has 1 heterocycles. The zero-order chi connectivity index (χ0) is 15.5. The largest absolute Gasteiger partial charge is 0.497 e. The first kappa shape index (κ1) is 14.2. The van der Waals surface area contributed by atoms with Gasteiger partial charge in [0.05, 0.1) is 12.6 Å². The Balaban J connectivity index is 2.05. The second-order valence-corrected chi connectivity index (χ2v) is 5.02. The number of carbonyl (C=O) groups excluding carboxylic acids is 1. The van der Waals surface area contributed by atoms with Gasteiger partial charge in [-0.15, -0.1) is 0 Å². The van der Waals surface area contributed by atoms with E-state index in [4.69, 9.17) is 4.74 Å². The molecule has 0 aliphatic rings. The van der Waals surface area contributed by atoms with Gasteiger partial charge in [-0.3, -0.25) is 4.79 Å². The maximum Gasteiger partial charge on any atom is 0.251 e. The third kappa shape index (κ3) is 2.55. The third-order valence-electron chi connectivity index (χ3n) is 3.64. The van der Waals surface area contributed by atoms with Crippen LogP contribution in [0.25, 0.3) is 16.6 Å². The molecule has 0 aliphatic carbocycles. The second-order valence-electron chi connectivity index (χ2n) is 5.02. The summed E-state index contributed by atoms with van der Waals surface area (Å²) in [4.78, 5) is 12.0. The molecule has 4 heteroatoms. The Morgan fingerprint density at radius 2 is 1.91 bits per heavy atom. The molecule has 0 bridgehead atoms. The molecule has 0 atom stereocenters. The van der Waals surface area contributed by atoms with Crippen molar-refractivity contribution < 1.29 is 9.53 Å². The number of aromatic nitrogens is 1. The summed E-state index contributed by atoms with van der Waals surface area (Å²) in [5.41, 5.74) is 2.71. The van der Waals surface area contributed by atoms with Gasteiger partial charge in [0.1, 0.15) is 5.75 Å². The maximum absolute atomic E-state index is 12.0. The summed E-state index contributed by atoms with van der Waals surface area (Å²) in [6, 6.07) is 15.6. The van der Waals surface area contributed by atoms with Crippen molar-refractivity contribution in [1.29, 1.82) is 0 Å². The van der Waals surface area contributed by atoms with Crippen LogP contribution >= 0.6 is 0 Å². The molecule has 1 amide bonds. The SMILES string of the molecule is CCNC(=O)c1ccc2ccn(-c3ccc(OC)cc3)c2c1. The zero-order valence-corrected chi connectivity index (χ0v) is 12.7. The van der Waals surface area contributed by atoms with Crippen molar-refractivity contribution in [3.8, 4) is 11.4 Å². The first-order valence-corrected chi connectivity index (χ1v) is 7.26. The monoisotopic (exact) mass is 294 g/mol. The summed E-state index contributed by atoms with van der Waals surface area (Å²) < 4.78 is 7.26. The van der Waals surface area contributed by atoms with E-state index in [0.717, 1.165) is 22.3 Å². The van der Waals surface area contributed by atoms with E-state index in [1.807, 2.05) is 61.7 Å². The van der Waals surface area contributed by atoms with Crippen molar-refractivity contribution in [3.63, 3.8) is 0 Å². The zero-order valence-electron chi connectivity index (χ0n) is 12.7. The van der Waals surface area contributed by atoms with Gasteiger partial charge in [0.25, 0.3) is 5.91 Å². The molecule has 0 fully saturated rings. The van der Waals surface area contributed by atoms with Crippen LogP contribution in [0.4, 0.5) is 0 Å². The van der Waals surface area contributed by atoms with Crippen LogP contribution in [0.15, 0.2) is 54.7 Å². The lowest BCUT2D eigenvalue weighted by atomic mass is 10.1. The van der Waals surface area contributed by atoms with E-state index in [0.29, 0.717) is 12.1 Å². The quantitative estimate of drug-likeness (QED) is 0.801. The lowest BCUT2D eigenvalue weighted by molar-refractivity contribution is 0.0956. The minimum atomic E-state index is -0.0492. The van der Waals surface area contributed by atoms with Crippen LogP contribution in [0.3, 0.4) is 0 Å². The number of ether oxygens (including phenoxy) is 1. The molecule has 112 valence electrons. The lowest BCUT2D eigenvalue weighted by Gasteiger charge is -2.08. The van der Waals surface area contributed by atoms with Gasteiger partial charge in [-0.05, 0) is 54.8 Å². The molecule has 1 N–H and O–H groups in total. The summed E-state index contributed by atoms with van der Waals surface area (Å²) >= 11 is 0. The van der Waals surface area contributed by atoms with Crippen LogP contribution in [-0.4, -0.2) is 24.1 Å². The van der Waals surface area contributed by atoms with Crippen LogP contribution in [0.5, 0.6) is 5.75 Å². The van der Waals surface area contributed by atoms with Crippen LogP contribution < -0.4 is 10.1 Å². The number of benzene rings is 2. The van der Waals surface area contributed by atoms with Gasteiger partial charge >= 0.3 is 0 Å². The third-order valence-corrected chi connectivity index (χ3v) is 3.64. The Labute approximate surface area is 129 Å². The summed E-state index contributed by atoms with van der Waals surface area (Å²) in [6.45, 7) is 2.53. The van der Waals surface area contributed by atoms with Gasteiger partial charge in [0.2, 0.25) is 0 Å². The molecule has 0 unspecified atom stereocenters. The van der Waals surface area contributed by atoms with Crippen molar-refractivity contribution >= 4 is 16.8 Å². The van der Waals surface area contributed by atoms with Crippen molar-refractivity contribution in [2.75, 3.05) is 13.7 Å². The molecule has 2 aromatic carbocycles. The van der Waals surface area contributed by atoms with E-state index >= 15 is 0 Å². The molecular weight excluding hydrogens is 276 g/mol. The average molecular weight is 294 g/mol. The highest BCUT2D eigenvalue weighted by atomic mass is 16.5. The predicted molar refractivity (Wildman–Crippen MR) is 87.8 cm³/mol. The Bertz CT molecular complexity index is 804. The topological polar surface area (TPSA) is 43.3 Å². The number of hydrogen-bond acceptors (Lipinski definition) is 2. The van der Waals surface area contributed by atoms with E-state index in [1.165, 1.54) is 0 Å². The van der Waals surface area contributed by atoms with Gasteiger partial charge in [0.15, 0.2) is 0 Å².